The van der Waals surface area contributed by atoms with Crippen molar-refractivity contribution in [2.45, 2.75) is 32.6 Å². The van der Waals surface area contributed by atoms with Gasteiger partial charge < -0.3 is 9.84 Å². The molecule has 1 atom stereocenters. The van der Waals surface area contributed by atoms with Gasteiger partial charge in [0.2, 0.25) is 0 Å². The number of hydrogen-bond donors (Lipinski definition) is 1. The molecule has 0 saturated carbocycles. The summed E-state index contributed by atoms with van der Waals surface area (Å²) in [6, 6.07) is 7.93. The summed E-state index contributed by atoms with van der Waals surface area (Å²) in [6.45, 7) is 1.92. The van der Waals surface area contributed by atoms with Crippen LogP contribution in [0, 0.1) is 5.92 Å². The molecule has 17 heavy (non-hydrogen) atoms. The van der Waals surface area contributed by atoms with Crippen molar-refractivity contribution in [3.8, 4) is 5.75 Å². The minimum atomic E-state index is -0.678. The van der Waals surface area contributed by atoms with Gasteiger partial charge in [-0.3, -0.25) is 4.79 Å². The van der Waals surface area contributed by atoms with E-state index in [-0.39, 0.29) is 5.92 Å². The van der Waals surface area contributed by atoms with Crippen LogP contribution in [0.4, 0.5) is 0 Å². The van der Waals surface area contributed by atoms with Crippen molar-refractivity contribution in [3.05, 3.63) is 29.8 Å². The Morgan fingerprint density at radius 2 is 2.00 bits per heavy atom. The molecule has 3 nitrogen and oxygen atoms in total. The summed E-state index contributed by atoms with van der Waals surface area (Å²) >= 11 is 0. The van der Waals surface area contributed by atoms with Gasteiger partial charge in [-0.2, -0.15) is 0 Å². The maximum atomic E-state index is 10.8. The number of hydrogen-bond acceptors (Lipinski definition) is 2. The molecular weight excluding hydrogens is 216 g/mol. The average molecular weight is 236 g/mol. The lowest BCUT2D eigenvalue weighted by molar-refractivity contribution is -0.142. The van der Waals surface area contributed by atoms with Gasteiger partial charge in [0.15, 0.2) is 0 Å². The lowest BCUT2D eigenvalue weighted by Crippen LogP contribution is -2.12. The van der Waals surface area contributed by atoms with Crippen molar-refractivity contribution < 1.29 is 14.6 Å². The highest BCUT2D eigenvalue weighted by atomic mass is 16.5. The van der Waals surface area contributed by atoms with Crippen LogP contribution in [0.5, 0.6) is 5.75 Å². The van der Waals surface area contributed by atoms with E-state index < -0.39 is 5.97 Å². The van der Waals surface area contributed by atoms with E-state index in [9.17, 15) is 4.79 Å². The monoisotopic (exact) mass is 236 g/mol. The molecule has 0 amide bonds. The molecule has 1 aromatic rings. The van der Waals surface area contributed by atoms with Crippen molar-refractivity contribution in [1.29, 1.82) is 0 Å². The van der Waals surface area contributed by atoms with Crippen LogP contribution in [0.2, 0.25) is 0 Å². The molecule has 0 fully saturated rings. The van der Waals surface area contributed by atoms with Crippen molar-refractivity contribution in [2.75, 3.05) is 7.11 Å². The first-order valence-corrected chi connectivity index (χ1v) is 6.03. The van der Waals surface area contributed by atoms with Crippen LogP contribution in [-0.2, 0) is 11.2 Å². The summed E-state index contributed by atoms with van der Waals surface area (Å²) in [6.07, 6.45) is 3.29. The summed E-state index contributed by atoms with van der Waals surface area (Å²) in [5.41, 5.74) is 1.23. The molecule has 0 aromatic heterocycles. The van der Waals surface area contributed by atoms with Crippen molar-refractivity contribution in [2.24, 2.45) is 5.92 Å². The van der Waals surface area contributed by atoms with Gasteiger partial charge in [0.25, 0.3) is 0 Å². The molecule has 0 aliphatic heterocycles. The minimum absolute atomic E-state index is 0.201. The van der Waals surface area contributed by atoms with Gasteiger partial charge in [-0.05, 0) is 43.4 Å². The third-order valence-electron chi connectivity index (χ3n) is 3.02. The number of carboxylic acids is 1. The molecule has 1 N–H and O–H groups in total. The molecule has 3 heteroatoms. The van der Waals surface area contributed by atoms with E-state index in [0.29, 0.717) is 6.42 Å². The quantitative estimate of drug-likeness (QED) is 0.791. The first-order valence-electron chi connectivity index (χ1n) is 6.03. The molecule has 0 spiro atoms. The van der Waals surface area contributed by atoms with Gasteiger partial charge in [0.05, 0.1) is 13.0 Å². The van der Waals surface area contributed by atoms with Crippen LogP contribution in [0.15, 0.2) is 24.3 Å². The summed E-state index contributed by atoms with van der Waals surface area (Å²) in [5.74, 6) is -0.0267. The zero-order valence-electron chi connectivity index (χ0n) is 10.5. The number of carboxylic acid groups (broad SMARTS) is 1. The fourth-order valence-electron chi connectivity index (χ4n) is 1.85. The lowest BCUT2D eigenvalue weighted by Gasteiger charge is -2.09. The molecule has 0 heterocycles. The van der Waals surface area contributed by atoms with E-state index >= 15 is 0 Å². The van der Waals surface area contributed by atoms with Crippen LogP contribution in [0.25, 0.3) is 0 Å². The number of ether oxygens (including phenoxy) is 1. The normalized spacial score (nSPS) is 12.1. The lowest BCUT2D eigenvalue weighted by atomic mass is 9.97. The van der Waals surface area contributed by atoms with E-state index in [1.54, 1.807) is 7.11 Å². The maximum Gasteiger partial charge on any atom is 0.306 e. The largest absolute Gasteiger partial charge is 0.497 e. The van der Waals surface area contributed by atoms with Gasteiger partial charge in [0, 0.05) is 0 Å². The van der Waals surface area contributed by atoms with Gasteiger partial charge in [-0.15, -0.1) is 0 Å². The van der Waals surface area contributed by atoms with Crippen molar-refractivity contribution >= 4 is 5.97 Å². The Bertz CT molecular complexity index is 343. The molecule has 94 valence electrons. The van der Waals surface area contributed by atoms with Crippen LogP contribution in [-0.4, -0.2) is 18.2 Å². The second kappa shape index (κ2) is 6.94. The van der Waals surface area contributed by atoms with Crippen LogP contribution in [0.1, 0.15) is 31.7 Å². The van der Waals surface area contributed by atoms with Crippen LogP contribution in [0.3, 0.4) is 0 Å². The highest BCUT2D eigenvalue weighted by molar-refractivity contribution is 5.69. The predicted molar refractivity (Wildman–Crippen MR) is 67.3 cm³/mol. The smallest absolute Gasteiger partial charge is 0.306 e. The summed E-state index contributed by atoms with van der Waals surface area (Å²) in [7, 11) is 1.65. The Morgan fingerprint density at radius 1 is 1.35 bits per heavy atom. The topological polar surface area (TPSA) is 46.5 Å². The molecule has 1 unspecified atom stereocenters. The van der Waals surface area contributed by atoms with E-state index in [0.717, 1.165) is 25.0 Å². The van der Waals surface area contributed by atoms with E-state index in [4.69, 9.17) is 9.84 Å². The number of methoxy groups -OCH3 is 1. The molecule has 0 radical (unpaired) electrons. The fourth-order valence-corrected chi connectivity index (χ4v) is 1.85. The third kappa shape index (κ3) is 4.47. The van der Waals surface area contributed by atoms with E-state index in [2.05, 4.69) is 0 Å². The SMILES string of the molecule is CCC(CCCc1ccc(OC)cc1)C(=O)O. The third-order valence-corrected chi connectivity index (χ3v) is 3.02. The molecule has 0 aliphatic rings. The van der Waals surface area contributed by atoms with Crippen molar-refractivity contribution in [1.82, 2.24) is 0 Å². The average Bonchev–Trinajstić information content (AvgIpc) is 2.35. The Morgan fingerprint density at radius 3 is 2.47 bits per heavy atom. The highest BCUT2D eigenvalue weighted by Gasteiger charge is 2.13. The summed E-state index contributed by atoms with van der Waals surface area (Å²) < 4.78 is 5.08. The van der Waals surface area contributed by atoms with Gasteiger partial charge in [0.1, 0.15) is 5.75 Å². The molecular formula is C14H20O3. The van der Waals surface area contributed by atoms with E-state index in [1.807, 2.05) is 31.2 Å². The Labute approximate surface area is 102 Å². The molecule has 0 saturated heterocycles. The molecule has 1 aromatic carbocycles. The molecule has 1 rings (SSSR count). The predicted octanol–water partition coefficient (Wildman–Crippen LogP) is 3.13. The first kappa shape index (κ1) is 13.6. The second-order valence-electron chi connectivity index (χ2n) is 4.18. The number of carbonyl (C=O) groups is 1. The van der Waals surface area contributed by atoms with Crippen molar-refractivity contribution in [3.63, 3.8) is 0 Å². The number of aliphatic carboxylic acids is 1. The Kier molecular flexibility index (Phi) is 5.53. The zero-order valence-corrected chi connectivity index (χ0v) is 10.5. The Hall–Kier alpha value is -1.51. The van der Waals surface area contributed by atoms with Crippen LogP contribution < -0.4 is 4.74 Å². The summed E-state index contributed by atoms with van der Waals surface area (Å²) in [4.78, 5) is 10.8. The molecule has 0 bridgehead atoms. The number of aryl methyl sites for hydroxylation is 1. The highest BCUT2D eigenvalue weighted by Crippen LogP contribution is 2.16. The van der Waals surface area contributed by atoms with E-state index in [1.165, 1.54) is 5.56 Å². The molecule has 0 aliphatic carbocycles. The standard InChI is InChI=1S/C14H20O3/c1-3-12(14(15)16)6-4-5-11-7-9-13(17-2)10-8-11/h7-10,12H,3-6H2,1-2H3,(H,15,16). The minimum Gasteiger partial charge on any atom is -0.497 e. The summed E-state index contributed by atoms with van der Waals surface area (Å²) in [5, 5.41) is 8.92. The number of rotatable bonds is 7. The van der Waals surface area contributed by atoms with Gasteiger partial charge in [-0.25, -0.2) is 0 Å². The van der Waals surface area contributed by atoms with Gasteiger partial charge in [-0.1, -0.05) is 19.1 Å². The Balaban J connectivity index is 2.37. The zero-order chi connectivity index (χ0) is 12.7. The van der Waals surface area contributed by atoms with Crippen LogP contribution >= 0.6 is 0 Å². The number of benzene rings is 1. The van der Waals surface area contributed by atoms with Gasteiger partial charge >= 0.3 is 5.97 Å². The second-order valence-corrected chi connectivity index (χ2v) is 4.18. The maximum absolute atomic E-state index is 10.8. The fraction of sp³-hybridized carbons (Fsp3) is 0.500. The first-order chi connectivity index (χ1) is 8.17.